The third kappa shape index (κ3) is 6.26. The highest BCUT2D eigenvalue weighted by Crippen LogP contribution is 2.15. The second-order valence-electron chi connectivity index (χ2n) is 6.07. The minimum Gasteiger partial charge on any atom is -0.494 e. The van der Waals surface area contributed by atoms with Gasteiger partial charge in [-0.1, -0.05) is 12.1 Å². The zero-order valence-corrected chi connectivity index (χ0v) is 16.5. The van der Waals surface area contributed by atoms with E-state index in [0.717, 1.165) is 11.3 Å². The smallest absolute Gasteiger partial charge is 0.241 e. The molecule has 2 aromatic rings. The van der Waals surface area contributed by atoms with Gasteiger partial charge in [0.15, 0.2) is 0 Å². The molecule has 2 N–H and O–H groups in total. The second kappa shape index (κ2) is 9.38. The Bertz CT molecular complexity index is 848. The van der Waals surface area contributed by atoms with E-state index in [1.54, 1.807) is 12.1 Å². The third-order valence-electron chi connectivity index (χ3n) is 3.81. The van der Waals surface area contributed by atoms with Crippen molar-refractivity contribution in [3.05, 3.63) is 54.1 Å². The topological polar surface area (TPSA) is 87.7 Å². The maximum Gasteiger partial charge on any atom is 0.241 e. The molecule has 8 heteroatoms. The Morgan fingerprint density at radius 1 is 1.04 bits per heavy atom. The number of anilines is 1. The summed E-state index contributed by atoms with van der Waals surface area (Å²) < 4.78 is 32.1. The molecule has 0 saturated heterocycles. The van der Waals surface area contributed by atoms with Crippen molar-refractivity contribution in [1.82, 2.24) is 10.0 Å². The zero-order chi connectivity index (χ0) is 19.9. The molecule has 0 aliphatic rings. The van der Waals surface area contributed by atoms with Gasteiger partial charge in [0.1, 0.15) is 5.75 Å². The molecule has 0 aliphatic heterocycles. The molecule has 0 atom stereocenters. The number of hydrogen-bond acceptors (Lipinski definition) is 5. The summed E-state index contributed by atoms with van der Waals surface area (Å²) in [7, 11) is 0.146. The summed E-state index contributed by atoms with van der Waals surface area (Å²) in [5, 5.41) is 2.70. The number of rotatable bonds is 9. The first-order chi connectivity index (χ1) is 12.8. The average molecular weight is 391 g/mol. The van der Waals surface area contributed by atoms with Crippen LogP contribution in [0.5, 0.6) is 5.75 Å². The van der Waals surface area contributed by atoms with Crippen molar-refractivity contribution >= 4 is 21.6 Å². The van der Waals surface area contributed by atoms with Gasteiger partial charge in [0.05, 0.1) is 18.0 Å². The lowest BCUT2D eigenvalue weighted by molar-refractivity contribution is -0.120. The molecule has 27 heavy (non-hydrogen) atoms. The number of carbonyl (C=O) groups excluding carboxylic acids is 1. The molecule has 146 valence electrons. The largest absolute Gasteiger partial charge is 0.494 e. The molecule has 0 bridgehead atoms. The number of carbonyl (C=O) groups is 1. The van der Waals surface area contributed by atoms with Gasteiger partial charge in [-0.2, -0.15) is 0 Å². The zero-order valence-electron chi connectivity index (χ0n) is 15.7. The summed E-state index contributed by atoms with van der Waals surface area (Å²) in [5.74, 6) is 0.190. The van der Waals surface area contributed by atoms with Crippen LogP contribution in [0.25, 0.3) is 0 Å². The van der Waals surface area contributed by atoms with Crippen LogP contribution in [0.4, 0.5) is 5.69 Å². The fourth-order valence-corrected chi connectivity index (χ4v) is 3.28. The second-order valence-corrected chi connectivity index (χ2v) is 7.83. The van der Waals surface area contributed by atoms with Gasteiger partial charge < -0.3 is 15.0 Å². The van der Waals surface area contributed by atoms with Crippen LogP contribution in [-0.4, -0.2) is 41.6 Å². The maximum atomic E-state index is 12.2. The molecule has 7 nitrogen and oxygen atoms in total. The minimum absolute atomic E-state index is 0.0815. The quantitative estimate of drug-likeness (QED) is 0.680. The molecule has 0 heterocycles. The Morgan fingerprint density at radius 3 is 2.22 bits per heavy atom. The van der Waals surface area contributed by atoms with Crippen LogP contribution >= 0.6 is 0 Å². The molecule has 0 aliphatic carbocycles. The molecule has 0 spiro atoms. The molecule has 2 rings (SSSR count). The first-order valence-corrected chi connectivity index (χ1v) is 10.1. The van der Waals surface area contributed by atoms with Gasteiger partial charge in [0, 0.05) is 26.3 Å². The molecule has 0 radical (unpaired) electrons. The van der Waals surface area contributed by atoms with Crippen LogP contribution in [0.1, 0.15) is 12.5 Å². The number of ether oxygens (including phenoxy) is 1. The summed E-state index contributed by atoms with van der Waals surface area (Å²) in [6, 6.07) is 13.8. The minimum atomic E-state index is -3.76. The molecule has 0 aromatic heterocycles. The number of amides is 1. The lowest BCUT2D eigenvalue weighted by Crippen LogP contribution is -2.36. The van der Waals surface area contributed by atoms with Crippen LogP contribution in [-0.2, 0) is 21.4 Å². The summed E-state index contributed by atoms with van der Waals surface area (Å²) in [4.78, 5) is 14.0. The van der Waals surface area contributed by atoms with E-state index < -0.39 is 15.9 Å². The summed E-state index contributed by atoms with van der Waals surface area (Å²) in [6.07, 6.45) is 0. The standard InChI is InChI=1S/C19H25N3O4S/c1-4-26-17-9-11-18(12-10-17)27(24,25)21-14-19(23)20-13-15-5-7-16(8-6-15)22(2)3/h5-12,21H,4,13-14H2,1-3H3,(H,20,23). The Kier molecular flexibility index (Phi) is 7.20. The van der Waals surface area contributed by atoms with Crippen molar-refractivity contribution in [1.29, 1.82) is 0 Å². The number of sulfonamides is 1. The Labute approximate surface area is 160 Å². The van der Waals surface area contributed by atoms with Crippen LogP contribution in [0.2, 0.25) is 0 Å². The van der Waals surface area contributed by atoms with Crippen molar-refractivity contribution in [2.45, 2.75) is 18.4 Å². The van der Waals surface area contributed by atoms with E-state index in [-0.39, 0.29) is 11.4 Å². The SMILES string of the molecule is CCOc1ccc(S(=O)(=O)NCC(=O)NCc2ccc(N(C)C)cc2)cc1. The van der Waals surface area contributed by atoms with Crippen LogP contribution in [0.3, 0.4) is 0 Å². The molecule has 0 saturated carbocycles. The van der Waals surface area contributed by atoms with Crippen molar-refractivity contribution in [2.24, 2.45) is 0 Å². The van der Waals surface area contributed by atoms with Gasteiger partial charge in [-0.15, -0.1) is 0 Å². The first-order valence-electron chi connectivity index (χ1n) is 8.57. The van der Waals surface area contributed by atoms with E-state index in [1.165, 1.54) is 12.1 Å². The number of hydrogen-bond donors (Lipinski definition) is 2. The molecular formula is C19H25N3O4S. The van der Waals surface area contributed by atoms with Crippen molar-refractivity contribution in [3.63, 3.8) is 0 Å². The predicted molar refractivity (Wildman–Crippen MR) is 105 cm³/mol. The van der Waals surface area contributed by atoms with Crippen LogP contribution < -0.4 is 19.7 Å². The Morgan fingerprint density at radius 2 is 1.67 bits per heavy atom. The Balaban J connectivity index is 1.84. The number of nitrogens with zero attached hydrogens (tertiary/aromatic N) is 1. The Hall–Kier alpha value is -2.58. The number of benzene rings is 2. The van der Waals surface area contributed by atoms with E-state index in [4.69, 9.17) is 4.74 Å². The first kappa shape index (κ1) is 20.7. The normalized spacial score (nSPS) is 11.1. The van der Waals surface area contributed by atoms with Crippen LogP contribution in [0, 0.1) is 0 Å². The lowest BCUT2D eigenvalue weighted by Gasteiger charge is -2.13. The molecule has 2 aromatic carbocycles. The van der Waals surface area contributed by atoms with E-state index >= 15 is 0 Å². The summed E-state index contributed by atoms with van der Waals surface area (Å²) in [6.45, 7) is 2.35. The summed E-state index contributed by atoms with van der Waals surface area (Å²) >= 11 is 0. The van der Waals surface area contributed by atoms with Crippen molar-refractivity contribution in [2.75, 3.05) is 32.1 Å². The lowest BCUT2D eigenvalue weighted by atomic mass is 10.2. The fraction of sp³-hybridized carbons (Fsp3) is 0.316. The highest BCUT2D eigenvalue weighted by Gasteiger charge is 2.15. The summed E-state index contributed by atoms with van der Waals surface area (Å²) in [5.41, 5.74) is 2.00. The highest BCUT2D eigenvalue weighted by atomic mass is 32.2. The molecule has 0 fully saturated rings. The monoisotopic (exact) mass is 391 g/mol. The third-order valence-corrected chi connectivity index (χ3v) is 5.23. The van der Waals surface area contributed by atoms with E-state index in [0.29, 0.717) is 18.9 Å². The highest BCUT2D eigenvalue weighted by molar-refractivity contribution is 7.89. The fourth-order valence-electron chi connectivity index (χ4n) is 2.30. The van der Waals surface area contributed by atoms with E-state index in [2.05, 4.69) is 10.0 Å². The molecular weight excluding hydrogens is 366 g/mol. The van der Waals surface area contributed by atoms with Gasteiger partial charge in [-0.25, -0.2) is 13.1 Å². The molecule has 0 unspecified atom stereocenters. The van der Waals surface area contributed by atoms with E-state index in [9.17, 15) is 13.2 Å². The van der Waals surface area contributed by atoms with Gasteiger partial charge in [0.25, 0.3) is 0 Å². The van der Waals surface area contributed by atoms with Gasteiger partial charge in [-0.3, -0.25) is 4.79 Å². The number of nitrogens with one attached hydrogen (secondary N) is 2. The molecule has 1 amide bonds. The predicted octanol–water partition coefficient (Wildman–Crippen LogP) is 1.75. The van der Waals surface area contributed by atoms with Gasteiger partial charge >= 0.3 is 0 Å². The average Bonchev–Trinajstić information content (AvgIpc) is 2.66. The van der Waals surface area contributed by atoms with Gasteiger partial charge in [0.2, 0.25) is 15.9 Å². The van der Waals surface area contributed by atoms with Crippen molar-refractivity contribution in [3.8, 4) is 5.75 Å². The van der Waals surface area contributed by atoms with Crippen molar-refractivity contribution < 1.29 is 17.9 Å². The van der Waals surface area contributed by atoms with Crippen LogP contribution in [0.15, 0.2) is 53.4 Å². The maximum absolute atomic E-state index is 12.2. The van der Waals surface area contributed by atoms with Gasteiger partial charge in [-0.05, 0) is 48.9 Å². The van der Waals surface area contributed by atoms with E-state index in [1.807, 2.05) is 50.2 Å².